The van der Waals surface area contributed by atoms with Crippen LogP contribution in [-0.4, -0.2) is 148 Å². The first-order valence-electron chi connectivity index (χ1n) is 28.3. The number of piperazine rings is 2. The first-order chi connectivity index (χ1) is 40.4. The molecule has 5 aromatic rings. The van der Waals surface area contributed by atoms with Gasteiger partial charge in [0.1, 0.15) is 29.6 Å². The fourth-order valence-electron chi connectivity index (χ4n) is 15.4. The van der Waals surface area contributed by atoms with Crippen LogP contribution >= 0.6 is 12.2 Å². The number of para-hydroxylation sites is 1. The first kappa shape index (κ1) is 56.5. The first-order valence-corrected chi connectivity index (χ1v) is 28.7. The lowest BCUT2D eigenvalue weighted by Gasteiger charge is -2.60. The molecule has 84 heavy (non-hydrogen) atoms. The third-order valence-electron chi connectivity index (χ3n) is 19.0. The average molecular weight is 1160 g/mol. The van der Waals surface area contributed by atoms with Crippen molar-refractivity contribution in [2.45, 2.75) is 127 Å². The number of hydrogen-bond acceptors (Lipinski definition) is 19. The number of nitriles is 2. The van der Waals surface area contributed by atoms with Gasteiger partial charge in [0.05, 0.1) is 50.5 Å². The molecule has 8 aliphatic rings. The Morgan fingerprint density at radius 2 is 1.14 bits per heavy atom. The standard InChI is InChI=1S/C36H40N6O6S.C26H30N4O5/c1-17-11-20-12-23-25(14-37)42-24(29(41(23)4)27(20)31(44)32(17)46-5)13-22-28(34-33(47-16-48-34)18(2)30(22)43)26(42)15-38-35(45)19(3)39-36(49)40-21-9-7-6-8-10-21;1-11-5-13-6-15-17(8-27)30-16(21(29(15)3)19(13)23(32)24(11)33-4)7-14-20(18(30)9-28)26-25(34-10-35-26)12(2)22(14)31/h6-11,19,23-26,29,43-44H,12-13,15-16H2,1-5H3,(H,38,45)(H2,39,40,49);5,15-18,21,31-32H,6-7,9-10,28H2,1-4H3/t19-,23+,24?,25+,26+,29+;15-,16?,17-,18-,21-/m10/s1. The summed E-state index contributed by atoms with van der Waals surface area (Å²) in [6, 6.07) is 14.7. The molecule has 0 saturated carbocycles. The van der Waals surface area contributed by atoms with Crippen molar-refractivity contribution in [3.8, 4) is 69.6 Å². The number of carbonyl (C=O) groups is 1. The summed E-state index contributed by atoms with van der Waals surface area (Å²) in [6.07, 6.45) is 2.01. The van der Waals surface area contributed by atoms with Crippen LogP contribution in [0.25, 0.3) is 0 Å². The highest BCUT2D eigenvalue weighted by Crippen LogP contribution is 2.60. The predicted molar refractivity (Wildman–Crippen MR) is 313 cm³/mol. The average Bonchev–Trinajstić information content (AvgIpc) is 0.921. The molecule has 13 rings (SSSR count). The van der Waals surface area contributed by atoms with Gasteiger partial charge in [0.25, 0.3) is 0 Å². The minimum Gasteiger partial charge on any atom is -0.507 e. The number of ether oxygens (including phenoxy) is 6. The van der Waals surface area contributed by atoms with Crippen molar-refractivity contribution in [1.82, 2.24) is 30.2 Å². The molecule has 0 radical (unpaired) electrons. The normalized spacial score (nSPS) is 26.0. The number of hydrogen-bond donors (Lipinski definition) is 8. The molecule has 440 valence electrons. The third-order valence-corrected chi connectivity index (χ3v) is 19.3. The molecule has 4 bridgehead atoms. The molecular formula is C62H70N10O11S. The Bertz CT molecular complexity index is 3630. The molecule has 21 nitrogen and oxygen atoms in total. The summed E-state index contributed by atoms with van der Waals surface area (Å²) >= 11 is 5.47. The number of methoxy groups -OCH3 is 2. The zero-order chi connectivity index (χ0) is 59.5. The van der Waals surface area contributed by atoms with E-state index < -0.39 is 24.2 Å². The third kappa shape index (κ3) is 8.54. The number of rotatable bonds is 8. The highest BCUT2D eigenvalue weighted by atomic mass is 32.1. The number of nitrogens with one attached hydrogen (secondary N) is 3. The number of carbonyl (C=O) groups excluding carboxylic acids is 1. The lowest BCUT2D eigenvalue weighted by Crippen LogP contribution is -2.68. The maximum Gasteiger partial charge on any atom is 0.242 e. The van der Waals surface area contributed by atoms with E-state index in [9.17, 15) is 35.7 Å². The Balaban J connectivity index is 0.000000174. The van der Waals surface area contributed by atoms with E-state index in [-0.39, 0.29) is 97.9 Å². The van der Waals surface area contributed by atoms with Crippen molar-refractivity contribution < 1.29 is 53.6 Å². The van der Waals surface area contributed by atoms with Gasteiger partial charge in [-0.25, -0.2) is 0 Å². The number of phenolic OH excluding ortho intramolecular Hbond substituents is 4. The summed E-state index contributed by atoms with van der Waals surface area (Å²) in [5.41, 5.74) is 16.7. The van der Waals surface area contributed by atoms with Crippen molar-refractivity contribution >= 4 is 28.9 Å². The van der Waals surface area contributed by atoms with E-state index in [0.717, 1.165) is 50.2 Å². The summed E-state index contributed by atoms with van der Waals surface area (Å²) in [5, 5.41) is 76.7. The second-order valence-corrected chi connectivity index (χ2v) is 23.6. The van der Waals surface area contributed by atoms with Crippen LogP contribution in [0, 0.1) is 50.4 Å². The quantitative estimate of drug-likeness (QED) is 0.0841. The number of benzene rings is 5. The molecule has 5 aromatic carbocycles. The summed E-state index contributed by atoms with van der Waals surface area (Å²) in [5.74, 6) is 3.25. The fourth-order valence-corrected chi connectivity index (χ4v) is 15.7. The molecule has 22 heteroatoms. The van der Waals surface area contributed by atoms with Crippen LogP contribution in [0.4, 0.5) is 5.69 Å². The maximum atomic E-state index is 13.6. The van der Waals surface area contributed by atoms with E-state index in [0.29, 0.717) is 87.5 Å². The maximum absolute atomic E-state index is 13.6. The monoisotopic (exact) mass is 1160 g/mol. The van der Waals surface area contributed by atoms with Gasteiger partial charge in [0, 0.05) is 87.5 Å². The second-order valence-electron chi connectivity index (χ2n) is 23.2. The number of phenols is 4. The van der Waals surface area contributed by atoms with Crippen LogP contribution in [0.1, 0.15) is 97.9 Å². The zero-order valence-corrected chi connectivity index (χ0v) is 49.2. The minimum atomic E-state index is -0.683. The van der Waals surface area contributed by atoms with E-state index >= 15 is 0 Å². The lowest BCUT2D eigenvalue weighted by atomic mass is 9.71. The number of anilines is 1. The van der Waals surface area contributed by atoms with Crippen LogP contribution in [0.3, 0.4) is 0 Å². The second kappa shape index (κ2) is 21.6. The Morgan fingerprint density at radius 3 is 1.60 bits per heavy atom. The molecule has 9 N–H and O–H groups in total. The highest BCUT2D eigenvalue weighted by Gasteiger charge is 2.59. The van der Waals surface area contributed by atoms with Gasteiger partial charge in [-0.05, 0) is 121 Å². The minimum absolute atomic E-state index is 0.00253. The highest BCUT2D eigenvalue weighted by molar-refractivity contribution is 7.80. The molecule has 1 amide bonds. The fraction of sp³-hybridized carbons (Fsp3) is 0.452. The van der Waals surface area contributed by atoms with Gasteiger partial charge < -0.3 is 70.5 Å². The SMILES string of the molecule is COc1c(C)cc2c(c1O)[C@@H]1C3Cc4c(O)c(C)c5c(c4[C@H](CN)N3[C@@H](C#N)[C@H](C2)N1C)OCO5.COc1c(C)cc2c(c1O)[C@@H]1C3Cc4c(O)c(C)c5c(c4[C@H](CNC(=O)[C@@H](C)NC(=S)Nc4ccccc4)N3[C@@H](C#N)[C@H](C2)N1C)OCO5. The van der Waals surface area contributed by atoms with E-state index in [1.165, 1.54) is 0 Å². The predicted octanol–water partition coefficient (Wildman–Crippen LogP) is 5.90. The van der Waals surface area contributed by atoms with Gasteiger partial charge in [-0.15, -0.1) is 0 Å². The van der Waals surface area contributed by atoms with Gasteiger partial charge in [-0.1, -0.05) is 30.3 Å². The molecule has 2 unspecified atom stereocenters. The lowest BCUT2D eigenvalue weighted by molar-refractivity contribution is -0.123. The molecule has 0 aromatic heterocycles. The van der Waals surface area contributed by atoms with Crippen LogP contribution in [-0.2, 0) is 30.5 Å². The van der Waals surface area contributed by atoms with Gasteiger partial charge in [-0.3, -0.25) is 24.4 Å². The van der Waals surface area contributed by atoms with Crippen LogP contribution < -0.4 is 50.1 Å². The Hall–Kier alpha value is -7.96. The number of likely N-dealkylation sites (N-methyl/N-ethyl adjacent to an activating group) is 2. The number of thiocarbonyl (C=S) groups is 1. The Kier molecular flexibility index (Phi) is 14.5. The Morgan fingerprint density at radius 1 is 0.690 bits per heavy atom. The van der Waals surface area contributed by atoms with Crippen LogP contribution in [0.5, 0.6) is 57.5 Å². The van der Waals surface area contributed by atoms with E-state index in [1.54, 1.807) is 28.1 Å². The number of fused-ring (bicyclic) bond motifs is 18. The summed E-state index contributed by atoms with van der Waals surface area (Å²) < 4.78 is 34.6. The Labute approximate surface area is 492 Å². The van der Waals surface area contributed by atoms with Gasteiger partial charge >= 0.3 is 0 Å². The number of aryl methyl sites for hydroxylation is 2. The summed E-state index contributed by atoms with van der Waals surface area (Å²) in [6.45, 7) is 9.61. The summed E-state index contributed by atoms with van der Waals surface area (Å²) in [7, 11) is 7.11. The number of amides is 1. The van der Waals surface area contributed by atoms with Gasteiger partial charge in [-0.2, -0.15) is 10.5 Å². The van der Waals surface area contributed by atoms with Gasteiger partial charge in [0.15, 0.2) is 51.1 Å². The number of nitrogens with two attached hydrogens (primary N) is 1. The van der Waals surface area contributed by atoms with Crippen molar-refractivity contribution in [2.24, 2.45) is 5.73 Å². The summed E-state index contributed by atoms with van der Waals surface area (Å²) in [4.78, 5) is 22.3. The molecule has 11 atom stereocenters. The smallest absolute Gasteiger partial charge is 0.242 e. The molecule has 8 aliphatic heterocycles. The largest absolute Gasteiger partial charge is 0.507 e. The molecule has 2 fully saturated rings. The van der Waals surface area contributed by atoms with E-state index in [2.05, 4.69) is 53.8 Å². The van der Waals surface area contributed by atoms with Gasteiger partial charge in [0.2, 0.25) is 19.5 Å². The molecular weight excluding hydrogens is 1090 g/mol. The number of aromatic hydroxyl groups is 4. The van der Waals surface area contributed by atoms with Crippen molar-refractivity contribution in [3.05, 3.63) is 109 Å². The molecule has 2 saturated heterocycles. The van der Waals surface area contributed by atoms with E-state index in [4.69, 9.17) is 46.4 Å². The van der Waals surface area contributed by atoms with Crippen LogP contribution in [0.15, 0.2) is 42.5 Å². The number of nitrogens with zero attached hydrogens (tertiary/aromatic N) is 6. The van der Waals surface area contributed by atoms with Crippen molar-refractivity contribution in [3.63, 3.8) is 0 Å². The van der Waals surface area contributed by atoms with E-state index in [1.807, 2.05) is 71.3 Å². The zero-order valence-electron chi connectivity index (χ0n) is 48.4. The van der Waals surface area contributed by atoms with Crippen LogP contribution in [0.2, 0.25) is 0 Å². The molecule has 0 aliphatic carbocycles. The molecule has 8 heterocycles. The molecule has 0 spiro atoms. The van der Waals surface area contributed by atoms with Crippen molar-refractivity contribution in [2.75, 3.05) is 60.3 Å². The van der Waals surface area contributed by atoms with Crippen molar-refractivity contribution in [1.29, 1.82) is 10.5 Å². The topological polar surface area (TPSA) is 276 Å².